The van der Waals surface area contributed by atoms with E-state index in [-0.39, 0.29) is 17.9 Å². The number of aromatic nitrogens is 2. The molecule has 2 aromatic heterocycles. The van der Waals surface area contributed by atoms with Crippen LogP contribution >= 0.6 is 0 Å². The zero-order valence-corrected chi connectivity index (χ0v) is 13.6. The van der Waals surface area contributed by atoms with E-state index in [1.807, 2.05) is 33.8 Å². The number of furan rings is 1. The summed E-state index contributed by atoms with van der Waals surface area (Å²) in [5.74, 6) is 2.68. The molecule has 1 aliphatic rings. The number of aryl methyl sites for hydroxylation is 4. The summed E-state index contributed by atoms with van der Waals surface area (Å²) < 4.78 is 7.69. The van der Waals surface area contributed by atoms with E-state index in [0.717, 1.165) is 48.0 Å². The van der Waals surface area contributed by atoms with E-state index < -0.39 is 0 Å². The second kappa shape index (κ2) is 5.63. The van der Waals surface area contributed by atoms with Gasteiger partial charge in [-0.15, -0.1) is 0 Å². The maximum atomic E-state index is 12.5. The molecule has 1 aliphatic heterocycles. The Bertz CT molecular complexity index is 699. The van der Waals surface area contributed by atoms with Gasteiger partial charge in [-0.2, -0.15) is 0 Å². The summed E-state index contributed by atoms with van der Waals surface area (Å²) >= 11 is 0. The van der Waals surface area contributed by atoms with Crippen LogP contribution in [0.1, 0.15) is 47.9 Å². The van der Waals surface area contributed by atoms with Gasteiger partial charge in [0.25, 0.3) is 0 Å². The molecule has 3 heterocycles. The van der Waals surface area contributed by atoms with Crippen molar-refractivity contribution in [3.05, 3.63) is 40.9 Å². The number of fused-ring (bicyclic) bond motifs is 1. The van der Waals surface area contributed by atoms with E-state index in [0.29, 0.717) is 0 Å². The minimum absolute atomic E-state index is 0.0641. The highest BCUT2D eigenvalue weighted by molar-refractivity contribution is 5.83. The van der Waals surface area contributed by atoms with Crippen LogP contribution in [0.2, 0.25) is 0 Å². The largest absolute Gasteiger partial charge is 0.466 e. The molecule has 0 saturated carbocycles. The second-order valence-electron chi connectivity index (χ2n) is 6.29. The van der Waals surface area contributed by atoms with Crippen molar-refractivity contribution >= 4 is 5.91 Å². The Balaban J connectivity index is 1.66. The van der Waals surface area contributed by atoms with Crippen LogP contribution < -0.4 is 5.32 Å². The lowest BCUT2D eigenvalue weighted by atomic mass is 9.99. The third kappa shape index (κ3) is 2.80. The third-order valence-corrected chi connectivity index (χ3v) is 4.40. The van der Waals surface area contributed by atoms with Crippen molar-refractivity contribution in [2.24, 2.45) is 0 Å². The maximum Gasteiger partial charge on any atom is 0.227 e. The topological polar surface area (TPSA) is 60.1 Å². The zero-order chi connectivity index (χ0) is 15.9. The summed E-state index contributed by atoms with van der Waals surface area (Å²) in [5.41, 5.74) is 2.02. The first-order chi connectivity index (χ1) is 10.4. The van der Waals surface area contributed by atoms with E-state index in [4.69, 9.17) is 4.42 Å². The molecule has 0 radical (unpaired) electrons. The number of hydrogen-bond donors (Lipinski definition) is 1. The van der Waals surface area contributed by atoms with Gasteiger partial charge in [-0.05, 0) is 40.2 Å². The van der Waals surface area contributed by atoms with E-state index in [1.165, 1.54) is 0 Å². The van der Waals surface area contributed by atoms with Crippen LogP contribution in [0.4, 0.5) is 0 Å². The monoisotopic (exact) mass is 301 g/mol. The van der Waals surface area contributed by atoms with Crippen molar-refractivity contribution in [2.75, 3.05) is 0 Å². The first-order valence-corrected chi connectivity index (χ1v) is 7.84. The number of nitrogens with zero attached hydrogens (tertiary/aromatic N) is 2. The van der Waals surface area contributed by atoms with Gasteiger partial charge >= 0.3 is 0 Å². The Hall–Kier alpha value is -2.04. The molecular formula is C17H23N3O2. The predicted octanol–water partition coefficient (Wildman–Crippen LogP) is 2.64. The van der Waals surface area contributed by atoms with Crippen LogP contribution in [0.3, 0.4) is 0 Å². The van der Waals surface area contributed by atoms with Gasteiger partial charge in [0.15, 0.2) is 0 Å². The molecule has 118 valence electrons. The second-order valence-corrected chi connectivity index (χ2v) is 6.29. The molecule has 0 unspecified atom stereocenters. The number of nitrogens with one attached hydrogen (secondary N) is 1. The molecule has 2 atom stereocenters. The van der Waals surface area contributed by atoms with Crippen LogP contribution in [0.5, 0.6) is 0 Å². The van der Waals surface area contributed by atoms with Crippen molar-refractivity contribution in [1.29, 1.82) is 0 Å². The summed E-state index contributed by atoms with van der Waals surface area (Å²) in [6.45, 7) is 8.56. The van der Waals surface area contributed by atoms with Crippen LogP contribution in [-0.4, -0.2) is 21.5 Å². The Kier molecular flexibility index (Phi) is 3.81. The molecule has 22 heavy (non-hydrogen) atoms. The van der Waals surface area contributed by atoms with Gasteiger partial charge in [-0.25, -0.2) is 4.98 Å². The quantitative estimate of drug-likeness (QED) is 0.948. The van der Waals surface area contributed by atoms with Gasteiger partial charge in [0, 0.05) is 30.8 Å². The van der Waals surface area contributed by atoms with Crippen molar-refractivity contribution in [2.45, 2.75) is 59.0 Å². The van der Waals surface area contributed by atoms with E-state index in [9.17, 15) is 4.79 Å². The number of imidazole rings is 1. The van der Waals surface area contributed by atoms with Gasteiger partial charge < -0.3 is 14.3 Å². The average molecular weight is 301 g/mol. The van der Waals surface area contributed by atoms with Crippen LogP contribution in [-0.2, 0) is 17.8 Å². The molecule has 0 bridgehead atoms. The molecule has 1 amide bonds. The molecule has 0 aliphatic carbocycles. The van der Waals surface area contributed by atoms with Crippen molar-refractivity contribution in [3.63, 3.8) is 0 Å². The van der Waals surface area contributed by atoms with Crippen molar-refractivity contribution in [3.8, 4) is 0 Å². The zero-order valence-electron chi connectivity index (χ0n) is 13.6. The highest BCUT2D eigenvalue weighted by atomic mass is 16.3. The normalized spacial score (nSPS) is 18.8. The number of carbonyl (C=O) groups excluding carboxylic acids is 1. The highest BCUT2D eigenvalue weighted by Crippen LogP contribution is 2.24. The minimum Gasteiger partial charge on any atom is -0.466 e. The Labute approximate surface area is 130 Å². The number of rotatable bonds is 3. The van der Waals surface area contributed by atoms with Gasteiger partial charge in [0.1, 0.15) is 17.3 Å². The van der Waals surface area contributed by atoms with E-state index >= 15 is 0 Å². The van der Waals surface area contributed by atoms with Gasteiger partial charge in [0.2, 0.25) is 5.91 Å². The Morgan fingerprint density at radius 1 is 1.45 bits per heavy atom. The van der Waals surface area contributed by atoms with E-state index in [2.05, 4.69) is 21.1 Å². The molecule has 0 fully saturated rings. The molecule has 5 nitrogen and oxygen atoms in total. The number of amides is 1. The molecule has 0 aromatic carbocycles. The first kappa shape index (κ1) is 14.9. The SMILES string of the molecule is Cc1cn2c(n1)CC[C@H](NC(=O)[C@@H](C)c1cc(C)oc1C)C2. The molecule has 1 N–H and O–H groups in total. The molecule has 3 rings (SSSR count). The van der Waals surface area contributed by atoms with Crippen LogP contribution in [0.25, 0.3) is 0 Å². The fourth-order valence-corrected chi connectivity index (χ4v) is 3.25. The molecule has 2 aromatic rings. The standard InChI is InChI=1S/C17H23N3O2/c1-10-8-20-9-14(5-6-16(20)18-10)19-17(21)12(3)15-7-11(2)22-13(15)4/h7-8,12,14H,5-6,9H2,1-4H3,(H,19,21)/t12-,14-/m0/s1. The molecule has 5 heteroatoms. The van der Waals surface area contributed by atoms with Crippen LogP contribution in [0.15, 0.2) is 16.7 Å². The van der Waals surface area contributed by atoms with E-state index in [1.54, 1.807) is 0 Å². The number of carbonyl (C=O) groups is 1. The molecule has 0 spiro atoms. The van der Waals surface area contributed by atoms with Gasteiger partial charge in [0.05, 0.1) is 11.6 Å². The Morgan fingerprint density at radius 3 is 2.91 bits per heavy atom. The Morgan fingerprint density at radius 2 is 2.23 bits per heavy atom. The van der Waals surface area contributed by atoms with Crippen molar-refractivity contribution < 1.29 is 9.21 Å². The average Bonchev–Trinajstić information content (AvgIpc) is 2.98. The lowest BCUT2D eigenvalue weighted by Crippen LogP contribution is -2.42. The summed E-state index contributed by atoms with van der Waals surface area (Å²) in [5, 5.41) is 3.17. The van der Waals surface area contributed by atoms with Crippen molar-refractivity contribution in [1.82, 2.24) is 14.9 Å². The summed E-state index contributed by atoms with van der Waals surface area (Å²) in [7, 11) is 0. The smallest absolute Gasteiger partial charge is 0.227 e. The molecule has 0 saturated heterocycles. The predicted molar refractivity (Wildman–Crippen MR) is 83.8 cm³/mol. The summed E-state index contributed by atoms with van der Waals surface area (Å²) in [4.78, 5) is 17.0. The molecular weight excluding hydrogens is 278 g/mol. The van der Waals surface area contributed by atoms with Crippen LogP contribution in [0, 0.1) is 20.8 Å². The highest BCUT2D eigenvalue weighted by Gasteiger charge is 2.25. The summed E-state index contributed by atoms with van der Waals surface area (Å²) in [6.07, 6.45) is 3.91. The third-order valence-electron chi connectivity index (χ3n) is 4.40. The maximum absolute atomic E-state index is 12.5. The van der Waals surface area contributed by atoms with Gasteiger partial charge in [-0.3, -0.25) is 4.79 Å². The number of hydrogen-bond acceptors (Lipinski definition) is 3. The first-order valence-electron chi connectivity index (χ1n) is 7.84. The fourth-order valence-electron chi connectivity index (χ4n) is 3.25. The lowest BCUT2D eigenvalue weighted by molar-refractivity contribution is -0.123. The van der Waals surface area contributed by atoms with Gasteiger partial charge in [-0.1, -0.05) is 0 Å². The minimum atomic E-state index is -0.191. The lowest BCUT2D eigenvalue weighted by Gasteiger charge is -2.26. The summed E-state index contributed by atoms with van der Waals surface area (Å²) in [6, 6.07) is 2.13. The fraction of sp³-hybridized carbons (Fsp3) is 0.529.